The minimum atomic E-state index is 0.782. The zero-order valence-electron chi connectivity index (χ0n) is 13.5. The summed E-state index contributed by atoms with van der Waals surface area (Å²) in [6, 6.07) is 13.1. The lowest BCUT2D eigenvalue weighted by atomic mass is 10.0. The summed E-state index contributed by atoms with van der Waals surface area (Å²) >= 11 is 0. The van der Waals surface area contributed by atoms with Crippen molar-refractivity contribution < 1.29 is 9.53 Å². The minimum Gasteiger partial charge on any atom is -0.388 e. The second kappa shape index (κ2) is 11.2. The monoisotopic (exact) mass is 319 g/mol. The molecule has 1 saturated heterocycles. The first-order chi connectivity index (χ1) is 10.8. The summed E-state index contributed by atoms with van der Waals surface area (Å²) in [6.45, 7) is 5.58. The summed E-state index contributed by atoms with van der Waals surface area (Å²) in [5.41, 5.74) is 3.02. The quantitative estimate of drug-likeness (QED) is 0.862. The number of carbonyl (C=O) groups excluding carboxylic acids is 1. The van der Waals surface area contributed by atoms with Crippen molar-refractivity contribution in [3.8, 4) is 0 Å². The molecule has 1 fully saturated rings. The van der Waals surface area contributed by atoms with E-state index in [1.54, 1.807) is 19.8 Å². The molecule has 2 atom stereocenters. The van der Waals surface area contributed by atoms with Gasteiger partial charge in [0.2, 0.25) is 0 Å². The lowest BCUT2D eigenvalue weighted by molar-refractivity contribution is -0.0979. The maximum atomic E-state index is 8.00. The Morgan fingerprint density at radius 1 is 1.23 bits per heavy atom. The van der Waals surface area contributed by atoms with Crippen molar-refractivity contribution in [2.24, 2.45) is 0 Å². The Bertz CT molecular complexity index is 487. The van der Waals surface area contributed by atoms with Crippen molar-refractivity contribution in [1.29, 1.82) is 0 Å². The van der Waals surface area contributed by atoms with Gasteiger partial charge in [-0.3, -0.25) is 4.90 Å². The van der Waals surface area contributed by atoms with Gasteiger partial charge in [-0.2, -0.15) is 0 Å². The number of rotatable bonds is 3. The Hall–Kier alpha value is -1.41. The molecule has 120 valence electrons. The van der Waals surface area contributed by atoms with Crippen LogP contribution < -0.4 is 0 Å². The highest BCUT2D eigenvalue weighted by molar-refractivity contribution is 7.28. The first-order valence-electron chi connectivity index (χ1n) is 7.41. The molecule has 0 amide bonds. The summed E-state index contributed by atoms with van der Waals surface area (Å²) in [5.74, 6) is 5.50. The first kappa shape index (κ1) is 18.6. The topological polar surface area (TPSA) is 29.5 Å². The first-order valence-corrected chi connectivity index (χ1v) is 8.57. The third-order valence-corrected chi connectivity index (χ3v) is 4.47. The van der Waals surface area contributed by atoms with Gasteiger partial charge in [0.25, 0.3) is 0 Å². The molecule has 1 aromatic carbocycles. The molecule has 0 N–H and O–H groups in total. The van der Waals surface area contributed by atoms with Crippen LogP contribution in [0.25, 0.3) is 0 Å². The highest BCUT2D eigenvalue weighted by atomic mass is 31.0. The SMILES string of the molecule is C=O.COC.c1ccc(CN2CCC(c3cc[pH]c3)C2)cc1. The van der Waals surface area contributed by atoms with Gasteiger partial charge in [0, 0.05) is 27.3 Å². The maximum Gasteiger partial charge on any atom is 0.106 e. The van der Waals surface area contributed by atoms with Crippen LogP contribution in [0.2, 0.25) is 0 Å². The molecule has 0 bridgehead atoms. The Morgan fingerprint density at radius 2 is 1.91 bits per heavy atom. The smallest absolute Gasteiger partial charge is 0.106 e. The fraction of sp³-hybridized carbons (Fsp3) is 0.389. The summed E-state index contributed by atoms with van der Waals surface area (Å²) in [4.78, 5) is 10.6. The third-order valence-electron chi connectivity index (χ3n) is 3.61. The van der Waals surface area contributed by atoms with Gasteiger partial charge < -0.3 is 9.53 Å². The lowest BCUT2D eigenvalue weighted by Crippen LogP contribution is -2.19. The summed E-state index contributed by atoms with van der Waals surface area (Å²) in [7, 11) is 4.17. The average molecular weight is 319 g/mol. The average Bonchev–Trinajstić information content (AvgIpc) is 3.22. The van der Waals surface area contributed by atoms with Crippen LogP contribution in [0.4, 0.5) is 0 Å². The number of benzene rings is 1. The van der Waals surface area contributed by atoms with Crippen molar-refractivity contribution in [3.05, 3.63) is 59.1 Å². The molecule has 3 nitrogen and oxygen atoms in total. The molecule has 0 spiro atoms. The summed E-state index contributed by atoms with van der Waals surface area (Å²) < 4.78 is 4.25. The van der Waals surface area contributed by atoms with E-state index in [4.69, 9.17) is 4.79 Å². The highest BCUT2D eigenvalue weighted by Gasteiger charge is 2.23. The van der Waals surface area contributed by atoms with E-state index in [1.807, 2.05) is 6.79 Å². The van der Waals surface area contributed by atoms with Crippen molar-refractivity contribution in [1.82, 2.24) is 4.90 Å². The van der Waals surface area contributed by atoms with Crippen LogP contribution in [-0.4, -0.2) is 39.0 Å². The third kappa shape index (κ3) is 6.15. The van der Waals surface area contributed by atoms with E-state index in [0.29, 0.717) is 0 Å². The molecule has 0 aliphatic carbocycles. The minimum absolute atomic E-state index is 0.782. The maximum absolute atomic E-state index is 8.00. The number of hydrogen-bond donors (Lipinski definition) is 0. The Morgan fingerprint density at radius 3 is 2.50 bits per heavy atom. The largest absolute Gasteiger partial charge is 0.388 e. The standard InChI is InChI=1S/C15H18NP.C2H6O.CH2O/c1-2-4-13(5-3-1)10-16-8-6-14(11-16)15-7-9-17-12-15;1-3-2;1-2/h1-5,7,9,12,14,17H,6,8,10-11H2;1-2H3;1H2. The van der Waals surface area contributed by atoms with E-state index in [9.17, 15) is 0 Å². The molecule has 1 aromatic heterocycles. The molecule has 1 aliphatic heterocycles. The van der Waals surface area contributed by atoms with Gasteiger partial charge in [0.1, 0.15) is 6.79 Å². The molecule has 22 heavy (non-hydrogen) atoms. The zero-order valence-corrected chi connectivity index (χ0v) is 14.5. The number of methoxy groups -OCH3 is 1. The van der Waals surface area contributed by atoms with E-state index in [-0.39, 0.29) is 0 Å². The molecule has 0 saturated carbocycles. The fourth-order valence-corrected chi connectivity index (χ4v) is 3.59. The van der Waals surface area contributed by atoms with Crippen molar-refractivity contribution >= 4 is 15.0 Å². The van der Waals surface area contributed by atoms with Crippen LogP contribution in [0.3, 0.4) is 0 Å². The van der Waals surface area contributed by atoms with Crippen LogP contribution in [0.15, 0.2) is 48.0 Å². The molecule has 0 radical (unpaired) electrons. The predicted molar refractivity (Wildman–Crippen MR) is 95.1 cm³/mol. The molecule has 4 heteroatoms. The molecule has 2 heterocycles. The van der Waals surface area contributed by atoms with Gasteiger partial charge >= 0.3 is 0 Å². The Kier molecular flexibility index (Phi) is 9.49. The Labute approximate surface area is 135 Å². The van der Waals surface area contributed by atoms with Crippen LogP contribution >= 0.6 is 8.19 Å². The number of likely N-dealkylation sites (tertiary alicyclic amines) is 1. The van der Waals surface area contributed by atoms with E-state index in [2.05, 4.69) is 57.6 Å². The molecule has 2 unspecified atom stereocenters. The second-order valence-corrected chi connectivity index (χ2v) is 6.21. The van der Waals surface area contributed by atoms with Crippen molar-refractivity contribution in [3.63, 3.8) is 0 Å². The normalized spacial score (nSPS) is 17.5. The fourth-order valence-electron chi connectivity index (χ4n) is 2.68. The zero-order chi connectivity index (χ0) is 16.2. The number of carbonyl (C=O) groups is 1. The second-order valence-electron chi connectivity index (χ2n) is 5.26. The van der Waals surface area contributed by atoms with Gasteiger partial charge in [-0.15, -0.1) is 8.19 Å². The van der Waals surface area contributed by atoms with Gasteiger partial charge in [-0.05, 0) is 41.6 Å². The number of ether oxygens (including phenoxy) is 1. The molecule has 3 rings (SSSR count). The van der Waals surface area contributed by atoms with Crippen LogP contribution in [0.1, 0.15) is 23.5 Å². The van der Waals surface area contributed by atoms with Gasteiger partial charge in [0.15, 0.2) is 0 Å². The lowest BCUT2D eigenvalue weighted by Gasteiger charge is -2.15. The van der Waals surface area contributed by atoms with Crippen LogP contribution in [0, 0.1) is 0 Å². The Balaban J connectivity index is 0.000000435. The molecule has 2 aromatic rings. The van der Waals surface area contributed by atoms with E-state index in [0.717, 1.165) is 20.7 Å². The molecular weight excluding hydrogens is 293 g/mol. The van der Waals surface area contributed by atoms with Crippen LogP contribution in [-0.2, 0) is 16.1 Å². The predicted octanol–water partition coefficient (Wildman–Crippen LogP) is 3.79. The van der Waals surface area contributed by atoms with E-state index >= 15 is 0 Å². The van der Waals surface area contributed by atoms with Crippen LogP contribution in [0.5, 0.6) is 0 Å². The van der Waals surface area contributed by atoms with Gasteiger partial charge in [0.05, 0.1) is 0 Å². The van der Waals surface area contributed by atoms with Crippen molar-refractivity contribution in [2.75, 3.05) is 27.3 Å². The van der Waals surface area contributed by atoms with E-state index in [1.165, 1.54) is 25.1 Å². The highest BCUT2D eigenvalue weighted by Crippen LogP contribution is 2.30. The number of hydrogen-bond acceptors (Lipinski definition) is 3. The van der Waals surface area contributed by atoms with E-state index < -0.39 is 0 Å². The number of nitrogens with zero attached hydrogens (tertiary/aromatic N) is 1. The van der Waals surface area contributed by atoms with Gasteiger partial charge in [-0.25, -0.2) is 0 Å². The molecule has 1 aliphatic rings. The summed E-state index contributed by atoms with van der Waals surface area (Å²) in [5, 5.41) is 0. The summed E-state index contributed by atoms with van der Waals surface area (Å²) in [6.07, 6.45) is 1.33. The molecular formula is C18H26NO2P. The van der Waals surface area contributed by atoms with Gasteiger partial charge in [-0.1, -0.05) is 36.4 Å². The van der Waals surface area contributed by atoms with Crippen molar-refractivity contribution in [2.45, 2.75) is 18.9 Å².